The molecule has 0 fully saturated rings. The number of aromatic nitrogens is 3. The number of benzene rings is 2. The predicted octanol–water partition coefficient (Wildman–Crippen LogP) is 1.13. The van der Waals surface area contributed by atoms with Crippen LogP contribution in [0.15, 0.2) is 42.5 Å². The maximum Gasteiger partial charge on any atom is 0.289 e. The first-order chi connectivity index (χ1) is 15.0. The molecule has 0 saturated heterocycles. The minimum absolute atomic E-state index is 0.0125. The molecule has 0 saturated carbocycles. The average molecular weight is 419 g/mol. The fraction of sp³-hybridized carbons (Fsp3) is 0.190. The maximum atomic E-state index is 12.9. The fourth-order valence-electron chi connectivity index (χ4n) is 3.30. The number of nitrogens with one attached hydrogen (secondary N) is 3. The van der Waals surface area contributed by atoms with Crippen molar-refractivity contribution in [3.63, 3.8) is 0 Å². The second-order valence-electron chi connectivity index (χ2n) is 7.11. The molecule has 0 aliphatic carbocycles. The molecular weight excluding hydrogens is 398 g/mol. The first-order valence-corrected chi connectivity index (χ1v) is 9.57. The first-order valence-electron chi connectivity index (χ1n) is 9.57. The Bertz CT molecular complexity index is 1140. The number of aromatic amines is 1. The Morgan fingerprint density at radius 1 is 1.35 bits per heavy atom. The van der Waals surface area contributed by atoms with Crippen LogP contribution in [0.1, 0.15) is 27.6 Å². The summed E-state index contributed by atoms with van der Waals surface area (Å²) in [5.41, 5.74) is 8.25. The van der Waals surface area contributed by atoms with Gasteiger partial charge < -0.3 is 31.1 Å². The number of hydrogen-bond donors (Lipinski definition) is 4. The van der Waals surface area contributed by atoms with Gasteiger partial charge in [-0.3, -0.25) is 9.59 Å². The van der Waals surface area contributed by atoms with Gasteiger partial charge in [-0.1, -0.05) is 30.3 Å². The number of amides is 2. The van der Waals surface area contributed by atoms with Gasteiger partial charge in [0.15, 0.2) is 0 Å². The molecule has 2 aromatic carbocycles. The van der Waals surface area contributed by atoms with Crippen molar-refractivity contribution in [3.05, 3.63) is 65.2 Å². The lowest BCUT2D eigenvalue weighted by atomic mass is 10.1. The van der Waals surface area contributed by atoms with Gasteiger partial charge >= 0.3 is 0 Å². The standard InChI is InChI=1S/C21H21N7O3/c1-28-16-8-13(10-22)14(23)9-17(16)31-11-15(21(28)30)24-20(29)19-25-18(26-27-19)7-12-5-3-2-4-6-12/h2-6,8-10,15,22H,7,11,23H2,1H3,(H,24,29)(H,25,26,27). The van der Waals surface area contributed by atoms with Gasteiger partial charge in [-0.25, -0.2) is 0 Å². The minimum Gasteiger partial charge on any atom is -0.489 e. The lowest BCUT2D eigenvalue weighted by Crippen LogP contribution is -2.49. The van der Waals surface area contributed by atoms with Gasteiger partial charge in [0.05, 0.1) is 5.69 Å². The van der Waals surface area contributed by atoms with Gasteiger partial charge in [0.25, 0.3) is 11.8 Å². The number of carbonyl (C=O) groups is 2. The number of hydrogen-bond acceptors (Lipinski definition) is 7. The number of nitrogens with zero attached hydrogens (tertiary/aromatic N) is 3. The van der Waals surface area contributed by atoms with Crippen LogP contribution < -0.4 is 20.7 Å². The Balaban J connectivity index is 1.48. The van der Waals surface area contributed by atoms with Gasteiger partial charge in [0, 0.05) is 37.0 Å². The van der Waals surface area contributed by atoms with Crippen LogP contribution in [0.5, 0.6) is 5.75 Å². The quantitative estimate of drug-likeness (QED) is 0.360. The summed E-state index contributed by atoms with van der Waals surface area (Å²) in [4.78, 5) is 29.8. The van der Waals surface area contributed by atoms with E-state index in [1.165, 1.54) is 4.90 Å². The number of fused-ring (bicyclic) bond motifs is 1. The van der Waals surface area contributed by atoms with Crippen LogP contribution in [0, 0.1) is 5.41 Å². The highest BCUT2D eigenvalue weighted by Gasteiger charge is 2.32. The molecule has 0 bridgehead atoms. The molecule has 10 heteroatoms. The second-order valence-corrected chi connectivity index (χ2v) is 7.11. The predicted molar refractivity (Wildman–Crippen MR) is 115 cm³/mol. The summed E-state index contributed by atoms with van der Waals surface area (Å²) in [5, 5.41) is 18.0. The SMILES string of the molecule is CN1C(=O)C(NC(=O)c2nnc(Cc3ccccc3)[nH]2)COc2cc(N)c(C=N)cc21. The van der Waals surface area contributed by atoms with Crippen LogP contribution >= 0.6 is 0 Å². The van der Waals surface area contributed by atoms with Crippen molar-refractivity contribution >= 4 is 29.4 Å². The van der Waals surface area contributed by atoms with Crippen molar-refractivity contribution in [1.29, 1.82) is 5.41 Å². The zero-order chi connectivity index (χ0) is 22.0. The summed E-state index contributed by atoms with van der Waals surface area (Å²) in [6.45, 7) is -0.0731. The Kier molecular flexibility index (Phi) is 5.35. The minimum atomic E-state index is -0.933. The van der Waals surface area contributed by atoms with E-state index in [4.69, 9.17) is 15.9 Å². The van der Waals surface area contributed by atoms with Crippen molar-refractivity contribution in [2.45, 2.75) is 12.5 Å². The van der Waals surface area contributed by atoms with E-state index in [2.05, 4.69) is 20.5 Å². The summed E-state index contributed by atoms with van der Waals surface area (Å²) in [5.74, 6) is 0.0302. The Labute approximate surface area is 177 Å². The number of nitrogens with two attached hydrogens (primary N) is 1. The molecule has 158 valence electrons. The highest BCUT2D eigenvalue weighted by atomic mass is 16.5. The van der Waals surface area contributed by atoms with Crippen LogP contribution in [0.2, 0.25) is 0 Å². The van der Waals surface area contributed by atoms with Crippen molar-refractivity contribution in [3.8, 4) is 5.75 Å². The molecule has 0 radical (unpaired) electrons. The summed E-state index contributed by atoms with van der Waals surface area (Å²) >= 11 is 0. The van der Waals surface area contributed by atoms with Crippen LogP contribution in [0.3, 0.4) is 0 Å². The smallest absolute Gasteiger partial charge is 0.289 e. The van der Waals surface area contributed by atoms with Gasteiger partial charge in [0.2, 0.25) is 5.82 Å². The average Bonchev–Trinajstić information content (AvgIpc) is 3.21. The van der Waals surface area contributed by atoms with Gasteiger partial charge in [-0.2, -0.15) is 0 Å². The summed E-state index contributed by atoms with van der Waals surface area (Å²) in [6.07, 6.45) is 1.61. The van der Waals surface area contributed by atoms with Crippen molar-refractivity contribution in [2.24, 2.45) is 0 Å². The molecule has 10 nitrogen and oxygen atoms in total. The van der Waals surface area contributed by atoms with Crippen molar-refractivity contribution in [2.75, 3.05) is 24.3 Å². The molecule has 5 N–H and O–H groups in total. The number of likely N-dealkylation sites (N-methyl/N-ethyl adjacent to an activating group) is 1. The summed E-state index contributed by atoms with van der Waals surface area (Å²) in [6, 6.07) is 11.9. The van der Waals surface area contributed by atoms with E-state index in [9.17, 15) is 9.59 Å². The molecule has 1 aliphatic rings. The van der Waals surface area contributed by atoms with E-state index >= 15 is 0 Å². The highest BCUT2D eigenvalue weighted by Crippen LogP contribution is 2.34. The van der Waals surface area contributed by atoms with Gasteiger partial charge in [0.1, 0.15) is 24.2 Å². The van der Waals surface area contributed by atoms with E-state index < -0.39 is 11.9 Å². The largest absolute Gasteiger partial charge is 0.489 e. The molecule has 4 rings (SSSR count). The van der Waals surface area contributed by atoms with Crippen LogP contribution in [0.25, 0.3) is 0 Å². The molecule has 2 amide bonds. The second kappa shape index (κ2) is 8.27. The Morgan fingerprint density at radius 3 is 2.87 bits per heavy atom. The van der Waals surface area contributed by atoms with Crippen LogP contribution in [-0.2, 0) is 11.2 Å². The van der Waals surface area contributed by atoms with E-state index in [-0.39, 0.29) is 18.3 Å². The third-order valence-electron chi connectivity index (χ3n) is 4.98. The number of H-pyrrole nitrogens is 1. The number of ether oxygens (including phenoxy) is 1. The molecule has 31 heavy (non-hydrogen) atoms. The first kappa shape index (κ1) is 20.1. The Morgan fingerprint density at radius 2 is 2.13 bits per heavy atom. The van der Waals surface area contributed by atoms with Crippen molar-refractivity contribution in [1.82, 2.24) is 20.5 Å². The topological polar surface area (TPSA) is 150 Å². The molecule has 1 aromatic heterocycles. The van der Waals surface area contributed by atoms with Crippen LogP contribution in [0.4, 0.5) is 11.4 Å². The zero-order valence-corrected chi connectivity index (χ0v) is 16.8. The lowest BCUT2D eigenvalue weighted by Gasteiger charge is -2.20. The normalized spacial score (nSPS) is 15.6. The Hall–Kier alpha value is -4.21. The van der Waals surface area contributed by atoms with Crippen LogP contribution in [-0.4, -0.2) is 52.9 Å². The van der Waals surface area contributed by atoms with Crippen molar-refractivity contribution < 1.29 is 14.3 Å². The molecule has 3 aromatic rings. The fourth-order valence-corrected chi connectivity index (χ4v) is 3.30. The number of carbonyl (C=O) groups excluding carboxylic acids is 2. The number of anilines is 2. The number of nitrogen functional groups attached to an aromatic ring is 1. The molecular formula is C21H21N7O3. The molecule has 1 unspecified atom stereocenters. The summed E-state index contributed by atoms with van der Waals surface area (Å²) in [7, 11) is 1.57. The molecule has 1 atom stereocenters. The molecule has 2 heterocycles. The van der Waals surface area contributed by atoms with E-state index in [1.54, 1.807) is 19.2 Å². The lowest BCUT2D eigenvalue weighted by molar-refractivity contribution is -0.120. The maximum absolute atomic E-state index is 12.9. The zero-order valence-electron chi connectivity index (χ0n) is 16.8. The summed E-state index contributed by atoms with van der Waals surface area (Å²) < 4.78 is 5.72. The molecule has 0 spiro atoms. The molecule has 1 aliphatic heterocycles. The third-order valence-corrected chi connectivity index (χ3v) is 4.98. The monoisotopic (exact) mass is 419 g/mol. The van der Waals surface area contributed by atoms with Gasteiger partial charge in [-0.05, 0) is 11.6 Å². The third kappa shape index (κ3) is 4.08. The number of rotatable bonds is 5. The van der Waals surface area contributed by atoms with E-state index in [0.29, 0.717) is 34.9 Å². The van der Waals surface area contributed by atoms with Gasteiger partial charge in [-0.15, -0.1) is 10.2 Å². The van der Waals surface area contributed by atoms with E-state index in [1.807, 2.05) is 30.3 Å². The van der Waals surface area contributed by atoms with E-state index in [0.717, 1.165) is 11.8 Å². The highest BCUT2D eigenvalue weighted by molar-refractivity contribution is 6.03.